The van der Waals surface area contributed by atoms with Gasteiger partial charge in [-0.1, -0.05) is 56.2 Å². The minimum atomic E-state index is -0.984. The van der Waals surface area contributed by atoms with Crippen LogP contribution in [0.15, 0.2) is 91.0 Å². The Hall–Kier alpha value is -4.98. The van der Waals surface area contributed by atoms with E-state index in [4.69, 9.17) is 28.4 Å². The van der Waals surface area contributed by atoms with Crippen LogP contribution < -0.4 is 23.7 Å². The number of hydrogen-bond acceptors (Lipinski definition) is 7. The molecule has 1 aliphatic carbocycles. The standard InChI is InChI=1S/C42H42O7/c1-6-7-21-42(48-24-23-43)37-26-32(47-5)17-19-34(37)38-33-18-16-31(46-4)25-36(33)40-35(39(38)42)20-22-41(49-40,27-8-12-29(44-2)13-9-27)28-10-14-30(45-3)15-11-28/h8-20,22,25-26,43H,6-7,21,23-24H2,1-5H3. The number of hydrogen-bond donors (Lipinski definition) is 1. The van der Waals surface area contributed by atoms with Crippen molar-refractivity contribution in [2.75, 3.05) is 41.7 Å². The van der Waals surface area contributed by atoms with E-state index in [1.807, 2.05) is 60.7 Å². The Morgan fingerprint density at radius 3 is 1.88 bits per heavy atom. The second kappa shape index (κ2) is 13.1. The molecule has 1 aliphatic heterocycles. The Morgan fingerprint density at radius 1 is 0.694 bits per heavy atom. The fourth-order valence-corrected chi connectivity index (χ4v) is 7.57. The molecule has 1 atom stereocenters. The van der Waals surface area contributed by atoms with Gasteiger partial charge in [0.25, 0.3) is 0 Å². The fraction of sp³-hybridized carbons (Fsp3) is 0.286. The maximum absolute atomic E-state index is 10.1. The van der Waals surface area contributed by atoms with Crippen LogP contribution in [0.1, 0.15) is 54.0 Å². The lowest BCUT2D eigenvalue weighted by molar-refractivity contribution is -0.0383. The molecule has 5 aromatic rings. The lowest BCUT2D eigenvalue weighted by Gasteiger charge is -2.39. The minimum absolute atomic E-state index is 0.0974. The van der Waals surface area contributed by atoms with Crippen LogP contribution in [0.5, 0.6) is 28.7 Å². The third-order valence-corrected chi connectivity index (χ3v) is 9.95. The van der Waals surface area contributed by atoms with Gasteiger partial charge in [-0.05, 0) is 89.2 Å². The number of aliphatic hydroxyl groups is 1. The Balaban J connectivity index is 1.57. The van der Waals surface area contributed by atoms with E-state index in [2.05, 4.69) is 43.3 Å². The molecule has 2 aliphatic rings. The monoisotopic (exact) mass is 658 g/mol. The molecule has 0 saturated carbocycles. The van der Waals surface area contributed by atoms with Crippen LogP contribution in [-0.2, 0) is 15.9 Å². The van der Waals surface area contributed by atoms with Crippen molar-refractivity contribution in [2.45, 2.75) is 37.4 Å². The topological polar surface area (TPSA) is 75.6 Å². The molecule has 0 radical (unpaired) electrons. The summed E-state index contributed by atoms with van der Waals surface area (Å²) in [4.78, 5) is 0. The molecule has 0 bridgehead atoms. The predicted molar refractivity (Wildman–Crippen MR) is 192 cm³/mol. The second-order valence-electron chi connectivity index (χ2n) is 12.4. The first kappa shape index (κ1) is 32.6. The summed E-state index contributed by atoms with van der Waals surface area (Å²) in [6.45, 7) is 2.27. The zero-order chi connectivity index (χ0) is 34.2. The first-order chi connectivity index (χ1) is 24.0. The van der Waals surface area contributed by atoms with Crippen LogP contribution in [0.3, 0.4) is 0 Å². The molecule has 7 heteroatoms. The Bertz CT molecular complexity index is 1960. The molecule has 0 fully saturated rings. The van der Waals surface area contributed by atoms with Crippen LogP contribution >= 0.6 is 0 Å². The number of methoxy groups -OCH3 is 4. The second-order valence-corrected chi connectivity index (χ2v) is 12.4. The quantitative estimate of drug-likeness (QED) is 0.144. The van der Waals surface area contributed by atoms with Gasteiger partial charge >= 0.3 is 0 Å². The molecule has 1 heterocycles. The highest BCUT2D eigenvalue weighted by Crippen LogP contribution is 2.61. The zero-order valence-electron chi connectivity index (χ0n) is 28.7. The van der Waals surface area contributed by atoms with Crippen LogP contribution in [0.25, 0.3) is 28.0 Å². The van der Waals surface area contributed by atoms with Gasteiger partial charge in [-0.15, -0.1) is 0 Å². The van der Waals surface area contributed by atoms with Crippen LogP contribution in [0.2, 0.25) is 0 Å². The molecule has 252 valence electrons. The van der Waals surface area contributed by atoms with Gasteiger partial charge in [-0.25, -0.2) is 0 Å². The average Bonchev–Trinajstić information content (AvgIpc) is 3.45. The summed E-state index contributed by atoms with van der Waals surface area (Å²) >= 11 is 0. The normalized spacial score (nSPS) is 16.8. The molecular formula is C42H42O7. The number of ether oxygens (including phenoxy) is 6. The van der Waals surface area contributed by atoms with E-state index in [1.54, 1.807) is 28.4 Å². The van der Waals surface area contributed by atoms with E-state index in [0.717, 1.165) is 97.7 Å². The average molecular weight is 659 g/mol. The van der Waals surface area contributed by atoms with Gasteiger partial charge in [0.2, 0.25) is 0 Å². The molecule has 0 saturated heterocycles. The summed E-state index contributed by atoms with van der Waals surface area (Å²) in [7, 11) is 6.70. The van der Waals surface area contributed by atoms with E-state index in [-0.39, 0.29) is 13.2 Å². The Morgan fingerprint density at radius 2 is 1.29 bits per heavy atom. The Labute approximate surface area is 287 Å². The molecule has 49 heavy (non-hydrogen) atoms. The van der Waals surface area contributed by atoms with E-state index in [1.165, 1.54) is 0 Å². The van der Waals surface area contributed by atoms with Gasteiger partial charge in [0.05, 0.1) is 41.7 Å². The van der Waals surface area contributed by atoms with Gasteiger partial charge in [0.15, 0.2) is 5.60 Å². The zero-order valence-corrected chi connectivity index (χ0v) is 28.7. The molecule has 0 spiro atoms. The van der Waals surface area contributed by atoms with Crippen molar-refractivity contribution in [3.8, 4) is 39.9 Å². The molecule has 1 unspecified atom stereocenters. The van der Waals surface area contributed by atoms with E-state index >= 15 is 0 Å². The minimum Gasteiger partial charge on any atom is -0.497 e. The van der Waals surface area contributed by atoms with Crippen molar-refractivity contribution in [2.24, 2.45) is 0 Å². The third-order valence-electron chi connectivity index (χ3n) is 9.95. The third kappa shape index (κ3) is 5.20. The summed E-state index contributed by atoms with van der Waals surface area (Å²) in [5.41, 5.74) is 5.25. The predicted octanol–water partition coefficient (Wildman–Crippen LogP) is 8.65. The first-order valence-corrected chi connectivity index (χ1v) is 16.8. The van der Waals surface area contributed by atoms with Crippen molar-refractivity contribution in [3.05, 3.63) is 119 Å². The number of aliphatic hydroxyl groups excluding tert-OH is 1. The van der Waals surface area contributed by atoms with Gasteiger partial charge in [-0.2, -0.15) is 0 Å². The van der Waals surface area contributed by atoms with Gasteiger partial charge < -0.3 is 33.5 Å². The summed E-state index contributed by atoms with van der Waals surface area (Å²) in [6, 6.07) is 28.4. The highest BCUT2D eigenvalue weighted by molar-refractivity contribution is 6.09. The largest absolute Gasteiger partial charge is 0.497 e. The van der Waals surface area contributed by atoms with Gasteiger partial charge in [-0.3, -0.25) is 0 Å². The fourth-order valence-electron chi connectivity index (χ4n) is 7.57. The van der Waals surface area contributed by atoms with Crippen molar-refractivity contribution in [1.29, 1.82) is 0 Å². The molecule has 0 amide bonds. The van der Waals surface area contributed by atoms with E-state index in [9.17, 15) is 5.11 Å². The van der Waals surface area contributed by atoms with Crippen LogP contribution in [-0.4, -0.2) is 46.8 Å². The lowest BCUT2D eigenvalue weighted by Crippen LogP contribution is -2.36. The number of rotatable bonds is 12. The maximum atomic E-state index is 10.1. The molecular weight excluding hydrogens is 616 g/mol. The van der Waals surface area contributed by atoms with Crippen molar-refractivity contribution in [3.63, 3.8) is 0 Å². The summed E-state index contributed by atoms with van der Waals surface area (Å²) in [6.07, 6.45) is 6.96. The molecule has 0 aromatic heterocycles. The maximum Gasteiger partial charge on any atom is 0.178 e. The van der Waals surface area contributed by atoms with Crippen molar-refractivity contribution < 1.29 is 33.5 Å². The summed E-state index contributed by atoms with van der Waals surface area (Å²) in [5.74, 6) is 3.74. The number of fused-ring (bicyclic) bond motifs is 8. The molecule has 7 nitrogen and oxygen atoms in total. The number of benzene rings is 5. The van der Waals surface area contributed by atoms with E-state index < -0.39 is 11.2 Å². The van der Waals surface area contributed by atoms with Crippen LogP contribution in [0, 0.1) is 0 Å². The van der Waals surface area contributed by atoms with Gasteiger partial charge in [0, 0.05) is 27.6 Å². The smallest absolute Gasteiger partial charge is 0.178 e. The van der Waals surface area contributed by atoms with Crippen LogP contribution in [0.4, 0.5) is 0 Å². The lowest BCUT2D eigenvalue weighted by atomic mass is 9.78. The number of unbranched alkanes of at least 4 members (excludes halogenated alkanes) is 1. The summed E-state index contributed by atoms with van der Waals surface area (Å²) < 4.78 is 36.9. The highest BCUT2D eigenvalue weighted by atomic mass is 16.5. The summed E-state index contributed by atoms with van der Waals surface area (Å²) in [5, 5.41) is 12.1. The molecule has 5 aromatic carbocycles. The molecule has 7 rings (SSSR count). The van der Waals surface area contributed by atoms with Crippen molar-refractivity contribution in [1.82, 2.24) is 0 Å². The SMILES string of the molecule is CCCCC1(OCCO)c2cc(OC)ccc2-c2c1c1c(c3cc(OC)ccc23)OC(c2ccc(OC)cc2)(c2ccc(OC)cc2)C=C1. The Kier molecular flexibility index (Phi) is 8.73. The van der Waals surface area contributed by atoms with Gasteiger partial charge in [0.1, 0.15) is 34.3 Å². The molecule has 1 N–H and O–H groups in total. The van der Waals surface area contributed by atoms with Crippen molar-refractivity contribution >= 4 is 16.8 Å². The van der Waals surface area contributed by atoms with E-state index in [0.29, 0.717) is 0 Å². The highest BCUT2D eigenvalue weighted by Gasteiger charge is 2.49. The first-order valence-electron chi connectivity index (χ1n) is 16.8.